The first-order chi connectivity index (χ1) is 20.5. The summed E-state index contributed by atoms with van der Waals surface area (Å²) in [7, 11) is 0. The lowest BCUT2D eigenvalue weighted by Crippen LogP contribution is -2.53. The van der Waals surface area contributed by atoms with Crippen LogP contribution in [0.2, 0.25) is 0 Å². The molecule has 0 saturated heterocycles. The minimum Gasteiger partial charge on any atom is -0.459 e. The number of amides is 3. The van der Waals surface area contributed by atoms with Crippen molar-refractivity contribution in [3.05, 3.63) is 71.3 Å². The van der Waals surface area contributed by atoms with E-state index in [4.69, 9.17) is 14.2 Å². The summed E-state index contributed by atoms with van der Waals surface area (Å²) >= 11 is 0. The molecular formula is C34H49N3O7. The summed E-state index contributed by atoms with van der Waals surface area (Å²) in [6, 6.07) is 14.9. The van der Waals surface area contributed by atoms with E-state index in [9.17, 15) is 19.2 Å². The van der Waals surface area contributed by atoms with Crippen molar-refractivity contribution in [1.29, 1.82) is 0 Å². The SMILES string of the molecule is CC(C)C[C@H](NC(=O)OC(C)(C)C)C(=O)N[C@H](CCc1ccccc1CNC(=O)OC(C)(C)C)C(=O)OCc1ccccc1. The van der Waals surface area contributed by atoms with Crippen LogP contribution in [0, 0.1) is 5.92 Å². The van der Waals surface area contributed by atoms with Crippen LogP contribution in [0.15, 0.2) is 54.6 Å². The number of nitrogens with one attached hydrogen (secondary N) is 3. The Bertz CT molecular complexity index is 1230. The van der Waals surface area contributed by atoms with Gasteiger partial charge in [0.25, 0.3) is 0 Å². The lowest BCUT2D eigenvalue weighted by molar-refractivity contribution is -0.149. The Morgan fingerprint density at radius 3 is 1.89 bits per heavy atom. The van der Waals surface area contributed by atoms with Gasteiger partial charge in [0, 0.05) is 6.54 Å². The minimum absolute atomic E-state index is 0.0496. The number of carbonyl (C=O) groups is 4. The van der Waals surface area contributed by atoms with Crippen molar-refractivity contribution in [1.82, 2.24) is 16.0 Å². The van der Waals surface area contributed by atoms with Gasteiger partial charge in [0.05, 0.1) is 0 Å². The highest BCUT2D eigenvalue weighted by atomic mass is 16.6. The van der Waals surface area contributed by atoms with Crippen LogP contribution in [0.3, 0.4) is 0 Å². The fourth-order valence-corrected chi connectivity index (χ4v) is 4.26. The molecule has 10 heteroatoms. The van der Waals surface area contributed by atoms with Crippen molar-refractivity contribution >= 4 is 24.1 Å². The maximum absolute atomic E-state index is 13.5. The van der Waals surface area contributed by atoms with Gasteiger partial charge < -0.3 is 30.2 Å². The summed E-state index contributed by atoms with van der Waals surface area (Å²) in [6.07, 6.45) is -0.269. The summed E-state index contributed by atoms with van der Waals surface area (Å²) in [5.74, 6) is -1.02. The van der Waals surface area contributed by atoms with Crippen LogP contribution < -0.4 is 16.0 Å². The highest BCUT2D eigenvalue weighted by Crippen LogP contribution is 2.16. The van der Waals surface area contributed by atoms with Crippen LogP contribution in [0.25, 0.3) is 0 Å². The number of carbonyl (C=O) groups excluding carboxylic acids is 4. The third-order valence-electron chi connectivity index (χ3n) is 6.18. The first-order valence-electron chi connectivity index (χ1n) is 15.1. The third-order valence-corrected chi connectivity index (χ3v) is 6.18. The normalized spacial score (nSPS) is 12.9. The first kappa shape index (κ1) is 36.1. The topological polar surface area (TPSA) is 132 Å². The molecule has 2 aromatic carbocycles. The molecule has 0 saturated carbocycles. The van der Waals surface area contributed by atoms with Crippen LogP contribution in [0.1, 0.15) is 84.9 Å². The van der Waals surface area contributed by atoms with Gasteiger partial charge in [-0.25, -0.2) is 14.4 Å². The van der Waals surface area contributed by atoms with Gasteiger partial charge >= 0.3 is 18.2 Å². The van der Waals surface area contributed by atoms with Crippen LogP contribution >= 0.6 is 0 Å². The van der Waals surface area contributed by atoms with Gasteiger partial charge in [-0.2, -0.15) is 0 Å². The Morgan fingerprint density at radius 1 is 0.727 bits per heavy atom. The van der Waals surface area contributed by atoms with Crippen molar-refractivity contribution in [2.24, 2.45) is 5.92 Å². The van der Waals surface area contributed by atoms with Crippen LogP contribution in [-0.2, 0) is 43.4 Å². The molecule has 242 valence electrons. The molecule has 3 N–H and O–H groups in total. The fourth-order valence-electron chi connectivity index (χ4n) is 4.26. The van der Waals surface area contributed by atoms with Crippen molar-refractivity contribution < 1.29 is 33.4 Å². The van der Waals surface area contributed by atoms with Crippen molar-refractivity contribution in [2.75, 3.05) is 0 Å². The quantitative estimate of drug-likeness (QED) is 0.192. The van der Waals surface area contributed by atoms with E-state index in [1.807, 2.05) is 68.4 Å². The maximum atomic E-state index is 13.5. The molecular weight excluding hydrogens is 562 g/mol. The predicted molar refractivity (Wildman–Crippen MR) is 169 cm³/mol. The number of benzene rings is 2. The molecule has 0 bridgehead atoms. The van der Waals surface area contributed by atoms with Gasteiger partial charge in [-0.15, -0.1) is 0 Å². The molecule has 44 heavy (non-hydrogen) atoms. The Balaban J connectivity index is 2.20. The largest absolute Gasteiger partial charge is 0.459 e. The number of hydrogen-bond acceptors (Lipinski definition) is 7. The molecule has 0 spiro atoms. The number of rotatable bonds is 13. The van der Waals surface area contributed by atoms with Crippen molar-refractivity contribution in [3.8, 4) is 0 Å². The van der Waals surface area contributed by atoms with Gasteiger partial charge in [-0.3, -0.25) is 4.79 Å². The minimum atomic E-state index is -0.992. The predicted octanol–water partition coefficient (Wildman–Crippen LogP) is 5.81. The number of alkyl carbamates (subject to hydrolysis) is 2. The summed E-state index contributed by atoms with van der Waals surface area (Å²) in [5, 5.41) is 8.24. The number of esters is 1. The third kappa shape index (κ3) is 14.4. The van der Waals surface area contributed by atoms with E-state index in [2.05, 4.69) is 16.0 Å². The molecule has 0 aliphatic heterocycles. The van der Waals surface area contributed by atoms with Gasteiger partial charge in [0.1, 0.15) is 29.9 Å². The second-order valence-electron chi connectivity index (χ2n) is 13.1. The summed E-state index contributed by atoms with van der Waals surface area (Å²) < 4.78 is 16.3. The number of ether oxygens (including phenoxy) is 3. The molecule has 0 fully saturated rings. The molecule has 0 unspecified atom stereocenters. The second kappa shape index (κ2) is 16.7. The Hall–Kier alpha value is -4.08. The molecule has 10 nitrogen and oxygen atoms in total. The van der Waals surface area contributed by atoms with Crippen molar-refractivity contribution in [3.63, 3.8) is 0 Å². The van der Waals surface area contributed by atoms with Crippen molar-refractivity contribution in [2.45, 2.75) is 111 Å². The second-order valence-corrected chi connectivity index (χ2v) is 13.1. The fraction of sp³-hybridized carbons (Fsp3) is 0.529. The lowest BCUT2D eigenvalue weighted by atomic mass is 9.99. The molecule has 3 amide bonds. The van der Waals surface area contributed by atoms with E-state index in [1.54, 1.807) is 41.5 Å². The smallest absolute Gasteiger partial charge is 0.408 e. The Kier molecular flexibility index (Phi) is 13.7. The van der Waals surface area contributed by atoms with E-state index in [0.717, 1.165) is 16.7 Å². The van der Waals surface area contributed by atoms with Crippen LogP contribution in [0.5, 0.6) is 0 Å². The molecule has 2 aromatic rings. The average molecular weight is 612 g/mol. The van der Waals surface area contributed by atoms with Gasteiger partial charge in [0.2, 0.25) is 5.91 Å². The maximum Gasteiger partial charge on any atom is 0.408 e. The van der Waals surface area contributed by atoms with E-state index in [1.165, 1.54) is 0 Å². The molecule has 0 aliphatic carbocycles. The molecule has 2 rings (SSSR count). The summed E-state index contributed by atoms with van der Waals surface area (Å²) in [6.45, 7) is 14.7. The average Bonchev–Trinajstić information content (AvgIpc) is 2.91. The van der Waals surface area contributed by atoms with E-state index >= 15 is 0 Å². The monoisotopic (exact) mass is 611 g/mol. The molecule has 0 aliphatic rings. The molecule has 0 radical (unpaired) electrons. The van der Waals surface area contributed by atoms with Gasteiger partial charge in [0.15, 0.2) is 0 Å². The van der Waals surface area contributed by atoms with E-state index < -0.39 is 47.3 Å². The zero-order chi connectivity index (χ0) is 32.9. The first-order valence-corrected chi connectivity index (χ1v) is 15.1. The summed E-state index contributed by atoms with van der Waals surface area (Å²) in [4.78, 5) is 51.6. The van der Waals surface area contributed by atoms with E-state index in [-0.39, 0.29) is 25.5 Å². The van der Waals surface area contributed by atoms with Gasteiger partial charge in [-0.05, 0) is 83.4 Å². The molecule has 0 aromatic heterocycles. The molecule has 2 atom stereocenters. The van der Waals surface area contributed by atoms with Crippen LogP contribution in [0.4, 0.5) is 9.59 Å². The zero-order valence-electron chi connectivity index (χ0n) is 27.3. The number of hydrogen-bond donors (Lipinski definition) is 3. The Morgan fingerprint density at radius 2 is 1.30 bits per heavy atom. The summed E-state index contributed by atoms with van der Waals surface area (Å²) in [5.41, 5.74) is 1.20. The number of aryl methyl sites for hydroxylation is 1. The lowest BCUT2D eigenvalue weighted by Gasteiger charge is -2.26. The standard InChI is InChI=1S/C34H49N3O7/c1-23(2)20-28(37-32(41)44-34(6,7)8)29(38)36-27(30(39)42-22-24-14-10-9-11-15-24)19-18-25-16-12-13-17-26(25)21-35-31(40)43-33(3,4)5/h9-17,23,27-28H,18-22H2,1-8H3,(H,35,40)(H,36,38)(H,37,41)/t27-,28+/m1/s1. The van der Waals surface area contributed by atoms with Crippen LogP contribution in [-0.4, -0.2) is 47.3 Å². The highest BCUT2D eigenvalue weighted by Gasteiger charge is 2.30. The van der Waals surface area contributed by atoms with E-state index in [0.29, 0.717) is 12.8 Å². The zero-order valence-corrected chi connectivity index (χ0v) is 27.3. The van der Waals surface area contributed by atoms with Gasteiger partial charge in [-0.1, -0.05) is 68.4 Å². The highest BCUT2D eigenvalue weighted by molar-refractivity contribution is 5.89. The molecule has 0 heterocycles. The Labute approximate surface area is 261 Å².